The minimum atomic E-state index is -0.986. The number of hydrogen-bond acceptors (Lipinski definition) is 5. The van der Waals surface area contributed by atoms with E-state index < -0.39 is 5.97 Å². The van der Waals surface area contributed by atoms with Gasteiger partial charge in [-0.3, -0.25) is 4.68 Å². The summed E-state index contributed by atoms with van der Waals surface area (Å²) < 4.78 is 6.63. The quantitative estimate of drug-likeness (QED) is 0.577. The first-order valence-electron chi connectivity index (χ1n) is 5.77. The fourth-order valence-electron chi connectivity index (χ4n) is 1.66. The number of aromatic nitrogens is 2. The van der Waals surface area contributed by atoms with Crippen molar-refractivity contribution >= 4 is 11.8 Å². The van der Waals surface area contributed by atoms with Crippen molar-refractivity contribution in [2.24, 2.45) is 7.05 Å². The summed E-state index contributed by atoms with van der Waals surface area (Å²) in [4.78, 5) is 11.1. The number of nitrogens with zero attached hydrogens (tertiary/aromatic N) is 2. The maximum Gasteiger partial charge on any atom is 0.341 e. The number of carbonyl (C=O) groups is 1. The average Bonchev–Trinajstić information content (AvgIpc) is 2.58. The highest BCUT2D eigenvalue weighted by Gasteiger charge is 2.18. The van der Waals surface area contributed by atoms with Gasteiger partial charge >= 0.3 is 5.97 Å². The summed E-state index contributed by atoms with van der Waals surface area (Å²) >= 11 is 0. The fourth-order valence-corrected chi connectivity index (χ4v) is 1.66. The van der Waals surface area contributed by atoms with Crippen LogP contribution in [0, 0.1) is 6.92 Å². The van der Waals surface area contributed by atoms with Crippen LogP contribution in [-0.2, 0) is 11.8 Å². The minimum absolute atomic E-state index is 0.0114. The van der Waals surface area contributed by atoms with Crippen molar-refractivity contribution in [3.63, 3.8) is 0 Å². The summed E-state index contributed by atoms with van der Waals surface area (Å²) in [6.07, 6.45) is 0.725. The van der Waals surface area contributed by atoms with Gasteiger partial charge in [0.1, 0.15) is 11.4 Å². The normalized spacial score (nSPS) is 10.6. The van der Waals surface area contributed by atoms with Crippen LogP contribution in [0.3, 0.4) is 0 Å². The van der Waals surface area contributed by atoms with Gasteiger partial charge in [0, 0.05) is 20.2 Å². The van der Waals surface area contributed by atoms with Crippen LogP contribution in [0.25, 0.3) is 0 Å². The topological polar surface area (TPSA) is 96.6 Å². The first-order valence-corrected chi connectivity index (χ1v) is 5.77. The van der Waals surface area contributed by atoms with E-state index >= 15 is 0 Å². The first-order chi connectivity index (χ1) is 8.57. The number of ether oxygens (including phenoxy) is 1. The Kier molecular flexibility index (Phi) is 5.60. The molecule has 7 heteroatoms. The lowest BCUT2D eigenvalue weighted by Crippen LogP contribution is -2.12. The molecular weight excluding hydrogens is 238 g/mol. The number of aliphatic hydroxyl groups excluding tert-OH is 1. The van der Waals surface area contributed by atoms with Gasteiger partial charge in [0.2, 0.25) is 0 Å². The van der Waals surface area contributed by atoms with Gasteiger partial charge in [0.05, 0.1) is 18.9 Å². The Hall–Kier alpha value is -1.60. The third kappa shape index (κ3) is 3.71. The number of aliphatic hydroxyl groups is 1. The molecule has 0 saturated carbocycles. The van der Waals surface area contributed by atoms with Gasteiger partial charge in [-0.2, -0.15) is 5.10 Å². The third-order valence-electron chi connectivity index (χ3n) is 2.43. The Morgan fingerprint density at radius 3 is 2.83 bits per heavy atom. The van der Waals surface area contributed by atoms with E-state index in [1.807, 2.05) is 0 Å². The molecule has 0 aliphatic carbocycles. The van der Waals surface area contributed by atoms with Crippen LogP contribution in [0.15, 0.2) is 0 Å². The number of anilines is 1. The maximum atomic E-state index is 11.1. The van der Waals surface area contributed by atoms with E-state index in [1.54, 1.807) is 14.0 Å². The zero-order valence-corrected chi connectivity index (χ0v) is 10.6. The molecule has 1 heterocycles. The summed E-state index contributed by atoms with van der Waals surface area (Å²) in [5.41, 5.74) is 0.692. The van der Waals surface area contributed by atoms with Crippen LogP contribution in [0.5, 0.6) is 0 Å². The van der Waals surface area contributed by atoms with Crippen molar-refractivity contribution in [1.29, 1.82) is 0 Å². The molecule has 1 aromatic heterocycles. The van der Waals surface area contributed by atoms with Crippen molar-refractivity contribution in [2.45, 2.75) is 13.3 Å². The highest BCUT2D eigenvalue weighted by atomic mass is 16.5. The Bertz CT molecular complexity index is 403. The van der Waals surface area contributed by atoms with Crippen LogP contribution in [0.1, 0.15) is 22.5 Å². The van der Waals surface area contributed by atoms with E-state index in [0.29, 0.717) is 31.3 Å². The van der Waals surface area contributed by atoms with Gasteiger partial charge in [0.15, 0.2) is 0 Å². The van der Waals surface area contributed by atoms with Gasteiger partial charge < -0.3 is 20.3 Å². The second-order valence-electron chi connectivity index (χ2n) is 3.85. The summed E-state index contributed by atoms with van der Waals surface area (Å²) in [5.74, 6) is -0.484. The van der Waals surface area contributed by atoms with E-state index in [0.717, 1.165) is 6.42 Å². The molecule has 0 aromatic carbocycles. The predicted octanol–water partition coefficient (Wildman–Crippen LogP) is 0.238. The number of aromatic carboxylic acids is 1. The van der Waals surface area contributed by atoms with E-state index in [4.69, 9.17) is 14.9 Å². The minimum Gasteiger partial charge on any atom is -0.477 e. The lowest BCUT2D eigenvalue weighted by atomic mass is 10.2. The molecular formula is C11H19N3O4. The molecule has 18 heavy (non-hydrogen) atoms. The van der Waals surface area contributed by atoms with Gasteiger partial charge in [-0.05, 0) is 13.3 Å². The van der Waals surface area contributed by atoms with E-state index in [-0.39, 0.29) is 12.2 Å². The molecule has 7 nitrogen and oxygen atoms in total. The highest BCUT2D eigenvalue weighted by Crippen LogP contribution is 2.18. The molecule has 1 aromatic rings. The highest BCUT2D eigenvalue weighted by molar-refractivity contribution is 5.94. The molecule has 0 fully saturated rings. The van der Waals surface area contributed by atoms with Crippen LogP contribution < -0.4 is 5.32 Å². The second kappa shape index (κ2) is 6.97. The van der Waals surface area contributed by atoms with Crippen molar-refractivity contribution in [1.82, 2.24) is 9.78 Å². The van der Waals surface area contributed by atoms with Gasteiger partial charge in [-0.25, -0.2) is 4.79 Å². The molecule has 0 amide bonds. The largest absolute Gasteiger partial charge is 0.477 e. The van der Waals surface area contributed by atoms with Gasteiger partial charge in [-0.15, -0.1) is 0 Å². The molecule has 102 valence electrons. The molecule has 0 aliphatic rings. The van der Waals surface area contributed by atoms with E-state index in [2.05, 4.69) is 10.4 Å². The van der Waals surface area contributed by atoms with Crippen LogP contribution in [0.2, 0.25) is 0 Å². The van der Waals surface area contributed by atoms with Gasteiger partial charge in [0.25, 0.3) is 0 Å². The van der Waals surface area contributed by atoms with Crippen molar-refractivity contribution < 1.29 is 19.7 Å². The Labute approximate surface area is 105 Å². The molecule has 0 saturated heterocycles. The molecule has 0 aliphatic heterocycles. The number of carboxylic acid groups (broad SMARTS) is 1. The summed E-state index contributed by atoms with van der Waals surface area (Å²) in [6, 6.07) is 0. The lowest BCUT2D eigenvalue weighted by molar-refractivity contribution is 0.0697. The number of rotatable bonds is 8. The summed E-state index contributed by atoms with van der Waals surface area (Å²) in [6.45, 7) is 3.11. The molecule has 0 atom stereocenters. The molecule has 0 spiro atoms. The number of hydrogen-bond donors (Lipinski definition) is 3. The van der Waals surface area contributed by atoms with Crippen LogP contribution in [-0.4, -0.2) is 52.3 Å². The Balaban J connectivity index is 2.49. The fraction of sp³-hybridized carbons (Fsp3) is 0.636. The zero-order chi connectivity index (χ0) is 13.5. The average molecular weight is 257 g/mol. The number of aryl methyl sites for hydroxylation is 2. The maximum absolute atomic E-state index is 11.1. The van der Waals surface area contributed by atoms with Gasteiger partial charge in [-0.1, -0.05) is 0 Å². The lowest BCUT2D eigenvalue weighted by Gasteiger charge is -2.08. The molecule has 1 rings (SSSR count). The standard InChI is InChI=1S/C11H19N3O4/c1-8-9(11(16)17)10(14(2)13-8)12-4-3-6-18-7-5-15/h12,15H,3-7H2,1-2H3,(H,16,17). The number of nitrogens with one attached hydrogen (secondary N) is 1. The van der Waals surface area contributed by atoms with Crippen molar-refractivity contribution in [2.75, 3.05) is 31.7 Å². The van der Waals surface area contributed by atoms with Crippen LogP contribution >= 0.6 is 0 Å². The molecule has 0 radical (unpaired) electrons. The first kappa shape index (κ1) is 14.5. The Morgan fingerprint density at radius 2 is 2.22 bits per heavy atom. The summed E-state index contributed by atoms with van der Waals surface area (Å²) in [5, 5.41) is 24.7. The van der Waals surface area contributed by atoms with Crippen LogP contribution in [0.4, 0.5) is 5.82 Å². The SMILES string of the molecule is Cc1nn(C)c(NCCCOCCO)c1C(=O)O. The number of carboxylic acids is 1. The smallest absolute Gasteiger partial charge is 0.341 e. The third-order valence-corrected chi connectivity index (χ3v) is 2.43. The molecule has 0 unspecified atom stereocenters. The second-order valence-corrected chi connectivity index (χ2v) is 3.85. The monoisotopic (exact) mass is 257 g/mol. The van der Waals surface area contributed by atoms with E-state index in [1.165, 1.54) is 4.68 Å². The molecule has 3 N–H and O–H groups in total. The van der Waals surface area contributed by atoms with Crippen molar-refractivity contribution in [3.8, 4) is 0 Å². The van der Waals surface area contributed by atoms with Crippen molar-refractivity contribution in [3.05, 3.63) is 11.3 Å². The van der Waals surface area contributed by atoms with E-state index in [9.17, 15) is 4.79 Å². The Morgan fingerprint density at radius 1 is 1.50 bits per heavy atom. The predicted molar refractivity (Wildman–Crippen MR) is 65.9 cm³/mol. The molecule has 0 bridgehead atoms. The zero-order valence-electron chi connectivity index (χ0n) is 10.6. The summed E-state index contributed by atoms with van der Waals surface area (Å²) in [7, 11) is 1.70.